The number of nitrogens with two attached hydrogens (primary N) is 1. The van der Waals surface area contributed by atoms with Crippen molar-refractivity contribution in [2.45, 2.75) is 121 Å². The summed E-state index contributed by atoms with van der Waals surface area (Å²) in [6, 6.07) is 8.32. The van der Waals surface area contributed by atoms with Crippen LogP contribution in [0.4, 0.5) is 20.2 Å². The molecule has 2 saturated heterocycles. The number of unbranched alkanes of at least 4 members (excludes halogenated alkanes) is 5. The number of rotatable bonds is 19. The van der Waals surface area contributed by atoms with E-state index in [1.807, 2.05) is 28.0 Å². The number of aromatic nitrogens is 2. The molecule has 2 fully saturated rings. The number of alkyl halides is 2. The molecule has 0 saturated carbocycles. The number of aryl methyl sites for hydroxylation is 2. The summed E-state index contributed by atoms with van der Waals surface area (Å²) in [5.41, 5.74) is 12.9. The van der Waals surface area contributed by atoms with Crippen molar-refractivity contribution >= 4 is 57.8 Å². The SMILES string of the molecule is CN/C=C(\C=N)c1cc2c(cc1C(F)F)N(C(N)C1=C(NC3CCN(C(=O)CCCCCCCCNc4cccc5c4n(C)c(=O)n5C4CCC(=O)NC4=O)CC3)CCN(C(C)=O)C1)CCC2. The van der Waals surface area contributed by atoms with Gasteiger partial charge in [-0.25, -0.2) is 13.6 Å². The largest absolute Gasteiger partial charge is 0.393 e. The summed E-state index contributed by atoms with van der Waals surface area (Å²) in [5, 5.41) is 20.3. The number of imidazole rings is 1. The first-order chi connectivity index (χ1) is 32.3. The van der Waals surface area contributed by atoms with E-state index in [0.29, 0.717) is 74.3 Å². The van der Waals surface area contributed by atoms with Crippen LogP contribution in [0.1, 0.15) is 120 Å². The number of likely N-dealkylation sites (tertiary alicyclic amines) is 1. The van der Waals surface area contributed by atoms with Crippen LogP contribution in [0.5, 0.6) is 0 Å². The molecule has 2 aromatic carbocycles. The van der Waals surface area contributed by atoms with Gasteiger partial charge < -0.3 is 41.8 Å². The maximum Gasteiger partial charge on any atom is 0.329 e. The molecule has 362 valence electrons. The van der Waals surface area contributed by atoms with Crippen LogP contribution >= 0.6 is 0 Å². The Balaban J connectivity index is 0.863. The topological polar surface area (TPSA) is 203 Å². The highest BCUT2D eigenvalue weighted by Crippen LogP contribution is 2.39. The molecule has 18 heteroatoms. The second-order valence-electron chi connectivity index (χ2n) is 18.3. The summed E-state index contributed by atoms with van der Waals surface area (Å²) in [6.45, 7) is 5.04. The number of carbonyl (C=O) groups is 4. The fraction of sp³-hybridized carbons (Fsp3) is 0.551. The Morgan fingerprint density at radius 1 is 0.955 bits per heavy atom. The van der Waals surface area contributed by atoms with Gasteiger partial charge in [0.2, 0.25) is 23.6 Å². The zero-order valence-corrected chi connectivity index (χ0v) is 39.1. The van der Waals surface area contributed by atoms with Crippen LogP contribution in [0, 0.1) is 5.41 Å². The van der Waals surface area contributed by atoms with Crippen molar-refractivity contribution < 1.29 is 28.0 Å². The third kappa shape index (κ3) is 11.1. The number of carbonyl (C=O) groups excluding carboxylic acids is 4. The second kappa shape index (κ2) is 22.2. The smallest absolute Gasteiger partial charge is 0.329 e. The Labute approximate surface area is 390 Å². The van der Waals surface area contributed by atoms with Crippen LogP contribution in [0.15, 0.2) is 52.6 Å². The Hall–Kier alpha value is -6.04. The minimum atomic E-state index is -2.75. The summed E-state index contributed by atoms with van der Waals surface area (Å²) in [7, 11) is 3.37. The van der Waals surface area contributed by atoms with Gasteiger partial charge in [0, 0.05) is 126 Å². The molecule has 0 bridgehead atoms. The van der Waals surface area contributed by atoms with Crippen LogP contribution in [0.3, 0.4) is 0 Å². The van der Waals surface area contributed by atoms with Crippen molar-refractivity contribution in [3.8, 4) is 0 Å². The minimum Gasteiger partial charge on any atom is -0.393 e. The van der Waals surface area contributed by atoms with Crippen LogP contribution in [0.25, 0.3) is 16.6 Å². The van der Waals surface area contributed by atoms with Gasteiger partial charge in [-0.3, -0.25) is 33.6 Å². The molecule has 1 aromatic heterocycles. The number of hydrogen-bond donors (Lipinski definition) is 6. The highest BCUT2D eigenvalue weighted by atomic mass is 19.3. The number of halogens is 2. The average molecular weight is 928 g/mol. The van der Waals surface area contributed by atoms with E-state index in [0.717, 1.165) is 98.6 Å². The van der Waals surface area contributed by atoms with Crippen molar-refractivity contribution in [3.63, 3.8) is 0 Å². The number of hydrogen-bond acceptors (Lipinski definition) is 11. The van der Waals surface area contributed by atoms with Gasteiger partial charge in [0.15, 0.2) is 0 Å². The molecular formula is C49H67F2N11O5. The molecule has 0 radical (unpaired) electrons. The molecule has 16 nitrogen and oxygen atoms in total. The number of nitrogens with one attached hydrogen (secondary N) is 5. The maximum atomic E-state index is 14.6. The lowest BCUT2D eigenvalue weighted by Crippen LogP contribution is -2.53. The van der Waals surface area contributed by atoms with Gasteiger partial charge in [0.25, 0.3) is 6.43 Å². The number of fused-ring (bicyclic) bond motifs is 2. The molecule has 4 aliphatic rings. The first-order valence-corrected chi connectivity index (χ1v) is 24.0. The standard InChI is InChI=1S/C49H67F2N11O5/c1-31(63)60-25-20-38(37(30-60)47(53)61-22-11-12-32-26-35(33(28-52)29-54-2)36(46(50)51)27-42(32)61)56-34-18-23-59(24-19-34)44(65)15-8-6-4-5-7-9-21-55-39-13-10-14-40-45(39)58(3)49(67)62(40)41-16-17-43(64)57-48(41)66/h10,13-14,26-29,34,41,46-47,52,54-56H,4-9,11-12,15-25,30,53H2,1-3H3,(H,57,64,66)/b33-29+,52-28?. The Kier molecular flexibility index (Phi) is 16.2. The molecule has 7 rings (SSSR count). The predicted octanol–water partition coefficient (Wildman–Crippen LogP) is 5.43. The average Bonchev–Trinajstić information content (AvgIpc) is 3.57. The zero-order chi connectivity index (χ0) is 47.8. The highest BCUT2D eigenvalue weighted by Gasteiger charge is 2.34. The fourth-order valence-electron chi connectivity index (χ4n) is 10.3. The lowest BCUT2D eigenvalue weighted by molar-refractivity contribution is -0.136. The lowest BCUT2D eigenvalue weighted by Gasteiger charge is -2.42. The monoisotopic (exact) mass is 928 g/mol. The quantitative estimate of drug-likeness (QED) is 0.0512. The van der Waals surface area contributed by atoms with E-state index in [4.69, 9.17) is 11.1 Å². The number of para-hydroxylation sites is 1. The number of benzene rings is 2. The normalized spacial score (nSPS) is 18.9. The third-order valence-electron chi connectivity index (χ3n) is 13.9. The van der Waals surface area contributed by atoms with E-state index in [9.17, 15) is 32.8 Å². The first kappa shape index (κ1) is 48.9. The Morgan fingerprint density at radius 2 is 1.70 bits per heavy atom. The molecule has 4 aliphatic heterocycles. The number of amides is 4. The molecule has 3 aromatic rings. The summed E-state index contributed by atoms with van der Waals surface area (Å²) in [6.07, 6.45) is 9.72. The summed E-state index contributed by atoms with van der Waals surface area (Å²) in [5.74, 6) is -0.644. The fourth-order valence-corrected chi connectivity index (χ4v) is 10.3. The Bertz CT molecular complexity index is 2450. The first-order valence-electron chi connectivity index (χ1n) is 24.0. The number of piperidine rings is 2. The summed E-state index contributed by atoms with van der Waals surface area (Å²) >= 11 is 0. The van der Waals surface area contributed by atoms with Crippen LogP contribution in [0.2, 0.25) is 0 Å². The van der Waals surface area contributed by atoms with E-state index in [2.05, 4.69) is 21.3 Å². The molecule has 2 unspecified atom stereocenters. The summed E-state index contributed by atoms with van der Waals surface area (Å²) < 4.78 is 32.2. The van der Waals surface area contributed by atoms with Crippen molar-refractivity contribution in [3.05, 3.63) is 75.0 Å². The molecule has 5 heterocycles. The lowest BCUT2D eigenvalue weighted by atomic mass is 9.91. The molecule has 0 spiro atoms. The molecule has 2 atom stereocenters. The summed E-state index contributed by atoms with van der Waals surface area (Å²) in [4.78, 5) is 69.1. The van der Waals surface area contributed by atoms with E-state index >= 15 is 0 Å². The van der Waals surface area contributed by atoms with Crippen molar-refractivity contribution in [1.82, 2.24) is 34.9 Å². The second-order valence-corrected chi connectivity index (χ2v) is 18.3. The molecule has 4 amide bonds. The van der Waals surface area contributed by atoms with E-state index in [-0.39, 0.29) is 47.9 Å². The van der Waals surface area contributed by atoms with Gasteiger partial charge in [0.1, 0.15) is 12.2 Å². The van der Waals surface area contributed by atoms with E-state index in [1.54, 1.807) is 42.8 Å². The minimum absolute atomic E-state index is 0.0498. The van der Waals surface area contributed by atoms with Gasteiger partial charge in [-0.2, -0.15) is 0 Å². The van der Waals surface area contributed by atoms with Gasteiger partial charge in [-0.15, -0.1) is 0 Å². The molecule has 7 N–H and O–H groups in total. The Morgan fingerprint density at radius 3 is 2.40 bits per heavy atom. The van der Waals surface area contributed by atoms with Gasteiger partial charge in [-0.05, 0) is 80.3 Å². The van der Waals surface area contributed by atoms with Gasteiger partial charge in [0.05, 0.1) is 16.7 Å². The third-order valence-corrected chi connectivity index (χ3v) is 13.9. The van der Waals surface area contributed by atoms with Crippen molar-refractivity contribution in [1.29, 1.82) is 5.41 Å². The maximum absolute atomic E-state index is 14.6. The molecule has 67 heavy (non-hydrogen) atoms. The zero-order valence-electron chi connectivity index (χ0n) is 39.1. The number of nitrogens with zero attached hydrogens (tertiary/aromatic N) is 5. The number of allylic oxidation sites excluding steroid dienone is 1. The van der Waals surface area contributed by atoms with E-state index in [1.165, 1.54) is 10.6 Å². The predicted molar refractivity (Wildman–Crippen MR) is 257 cm³/mol. The number of imide groups is 1. The highest BCUT2D eigenvalue weighted by molar-refractivity contribution is 6.09. The van der Waals surface area contributed by atoms with Crippen LogP contribution in [-0.2, 0) is 32.6 Å². The van der Waals surface area contributed by atoms with Crippen molar-refractivity contribution in [2.75, 3.05) is 56.5 Å². The van der Waals surface area contributed by atoms with Gasteiger partial charge in [-0.1, -0.05) is 31.7 Å². The number of anilines is 2. The molecular weight excluding hydrogens is 861 g/mol. The van der Waals surface area contributed by atoms with Crippen molar-refractivity contribution in [2.24, 2.45) is 12.8 Å². The van der Waals surface area contributed by atoms with Gasteiger partial charge >= 0.3 is 5.69 Å². The van der Waals surface area contributed by atoms with Crippen LogP contribution in [-0.4, -0.2) is 107 Å². The molecule has 0 aliphatic carbocycles. The van der Waals surface area contributed by atoms with E-state index < -0.39 is 24.5 Å². The van der Waals surface area contributed by atoms with Crippen LogP contribution < -0.4 is 37.6 Å².